The van der Waals surface area contributed by atoms with Crippen LogP contribution in [0.2, 0.25) is 0 Å². The molecule has 3 aromatic rings. The number of nitrogen functional groups attached to an aromatic ring is 1. The molecule has 0 saturated heterocycles. The summed E-state index contributed by atoms with van der Waals surface area (Å²) in [6.07, 6.45) is 0. The second-order valence-electron chi connectivity index (χ2n) is 3.97. The molecule has 0 aliphatic rings. The smallest absolute Gasteiger partial charge is 0.300 e. The molecule has 0 radical (unpaired) electrons. The molecule has 0 aliphatic heterocycles. The van der Waals surface area contributed by atoms with Crippen LogP contribution in [0.15, 0.2) is 40.8 Å². The molecule has 0 amide bonds. The number of nitrogens with two attached hydrogens (primary N) is 1. The zero-order valence-corrected chi connectivity index (χ0v) is 9.65. The summed E-state index contributed by atoms with van der Waals surface area (Å²) in [6, 6.07) is 8.85. The van der Waals surface area contributed by atoms with Gasteiger partial charge in [-0.1, -0.05) is 6.07 Å². The Morgan fingerprint density at radius 2 is 2.00 bits per heavy atom. The first kappa shape index (κ1) is 11.5. The zero-order chi connectivity index (χ0) is 13.4. The largest absolute Gasteiger partial charge is 0.423 e. The maximum Gasteiger partial charge on any atom is 0.300 e. The van der Waals surface area contributed by atoms with E-state index in [1.54, 1.807) is 18.2 Å². The second-order valence-corrected chi connectivity index (χ2v) is 3.97. The molecule has 6 heteroatoms. The first-order chi connectivity index (χ1) is 9.13. The number of halogens is 2. The van der Waals surface area contributed by atoms with Gasteiger partial charge in [-0.15, -0.1) is 0 Å². The van der Waals surface area contributed by atoms with Gasteiger partial charge in [0.25, 0.3) is 6.01 Å². The van der Waals surface area contributed by atoms with Gasteiger partial charge in [-0.25, -0.2) is 8.78 Å². The summed E-state index contributed by atoms with van der Waals surface area (Å²) in [4.78, 5) is 4.09. The predicted molar refractivity (Wildman–Crippen MR) is 68.1 cm³/mol. The van der Waals surface area contributed by atoms with Crippen molar-refractivity contribution in [3.8, 4) is 0 Å². The molecule has 0 atom stereocenters. The molecule has 96 valence electrons. The number of nitrogens with one attached hydrogen (secondary N) is 1. The monoisotopic (exact) mass is 261 g/mol. The Kier molecular flexibility index (Phi) is 2.56. The minimum atomic E-state index is -0.982. The van der Waals surface area contributed by atoms with E-state index in [0.29, 0.717) is 16.8 Å². The predicted octanol–water partition coefficient (Wildman–Crippen LogP) is 3.43. The van der Waals surface area contributed by atoms with Gasteiger partial charge >= 0.3 is 0 Å². The van der Waals surface area contributed by atoms with E-state index in [4.69, 9.17) is 10.2 Å². The van der Waals surface area contributed by atoms with E-state index in [1.165, 1.54) is 12.1 Å². The number of fused-ring (bicyclic) bond motifs is 1. The molecule has 3 rings (SSSR count). The van der Waals surface area contributed by atoms with Gasteiger partial charge in [-0.3, -0.25) is 0 Å². The van der Waals surface area contributed by atoms with Crippen molar-refractivity contribution in [1.29, 1.82) is 0 Å². The van der Waals surface area contributed by atoms with Crippen molar-refractivity contribution >= 4 is 28.5 Å². The minimum absolute atomic E-state index is 0.0421. The van der Waals surface area contributed by atoms with Crippen LogP contribution in [-0.4, -0.2) is 4.98 Å². The van der Waals surface area contributed by atoms with Crippen LogP contribution < -0.4 is 11.1 Å². The van der Waals surface area contributed by atoms with Crippen molar-refractivity contribution in [3.05, 3.63) is 48.0 Å². The summed E-state index contributed by atoms with van der Waals surface area (Å²) in [5.74, 6) is -1.92. The normalized spacial score (nSPS) is 10.8. The fourth-order valence-electron chi connectivity index (χ4n) is 1.71. The number of hydrogen-bond acceptors (Lipinski definition) is 4. The fraction of sp³-hybridized carbons (Fsp3) is 0. The molecule has 0 aliphatic carbocycles. The quantitative estimate of drug-likeness (QED) is 0.694. The van der Waals surface area contributed by atoms with Gasteiger partial charge in [0.1, 0.15) is 5.52 Å². The summed E-state index contributed by atoms with van der Waals surface area (Å²) >= 11 is 0. The van der Waals surface area contributed by atoms with E-state index < -0.39 is 11.6 Å². The summed E-state index contributed by atoms with van der Waals surface area (Å²) in [7, 11) is 0. The van der Waals surface area contributed by atoms with Crippen LogP contribution in [0.4, 0.5) is 26.2 Å². The molecule has 19 heavy (non-hydrogen) atoms. The van der Waals surface area contributed by atoms with Crippen LogP contribution in [0.1, 0.15) is 0 Å². The van der Waals surface area contributed by atoms with E-state index in [2.05, 4.69) is 10.3 Å². The molecule has 3 N–H and O–H groups in total. The van der Waals surface area contributed by atoms with Crippen molar-refractivity contribution in [2.24, 2.45) is 0 Å². The van der Waals surface area contributed by atoms with Crippen molar-refractivity contribution in [3.63, 3.8) is 0 Å². The molecule has 0 spiro atoms. The molecule has 1 heterocycles. The van der Waals surface area contributed by atoms with Crippen LogP contribution >= 0.6 is 0 Å². The lowest BCUT2D eigenvalue weighted by atomic mass is 10.3. The van der Waals surface area contributed by atoms with Crippen molar-refractivity contribution in [1.82, 2.24) is 4.98 Å². The third kappa shape index (κ3) is 2.08. The maximum atomic E-state index is 13.5. The standard InChI is InChI=1S/C13H9F2N3O/c14-8-2-1-3-9(12(8)15)17-13-18-10-6-7(16)4-5-11(10)19-13/h1-6H,16H2,(H,17,18). The third-order valence-corrected chi connectivity index (χ3v) is 2.60. The van der Waals surface area contributed by atoms with Crippen molar-refractivity contribution < 1.29 is 13.2 Å². The average molecular weight is 261 g/mol. The number of anilines is 3. The molecule has 0 bridgehead atoms. The molecule has 0 saturated carbocycles. The van der Waals surface area contributed by atoms with E-state index >= 15 is 0 Å². The number of oxazole rings is 1. The van der Waals surface area contributed by atoms with Crippen molar-refractivity contribution in [2.45, 2.75) is 0 Å². The zero-order valence-electron chi connectivity index (χ0n) is 9.65. The first-order valence-corrected chi connectivity index (χ1v) is 5.50. The van der Waals surface area contributed by atoms with Gasteiger partial charge in [0.05, 0.1) is 5.69 Å². The van der Waals surface area contributed by atoms with Gasteiger partial charge in [0.15, 0.2) is 17.2 Å². The highest BCUT2D eigenvalue weighted by Gasteiger charge is 2.11. The Morgan fingerprint density at radius 1 is 1.16 bits per heavy atom. The van der Waals surface area contributed by atoms with Crippen molar-refractivity contribution in [2.75, 3.05) is 11.1 Å². The molecule has 1 aromatic heterocycles. The lowest BCUT2D eigenvalue weighted by Gasteiger charge is -2.02. The van der Waals surface area contributed by atoms with Gasteiger partial charge in [0.2, 0.25) is 0 Å². The van der Waals surface area contributed by atoms with E-state index in [-0.39, 0.29) is 11.7 Å². The molecule has 0 unspecified atom stereocenters. The maximum absolute atomic E-state index is 13.5. The van der Waals surface area contributed by atoms with Crippen LogP contribution in [0.3, 0.4) is 0 Å². The lowest BCUT2D eigenvalue weighted by molar-refractivity contribution is 0.510. The first-order valence-electron chi connectivity index (χ1n) is 5.50. The lowest BCUT2D eigenvalue weighted by Crippen LogP contribution is -1.95. The van der Waals surface area contributed by atoms with E-state index in [1.807, 2.05) is 0 Å². The van der Waals surface area contributed by atoms with E-state index in [0.717, 1.165) is 6.07 Å². The number of benzene rings is 2. The Balaban J connectivity index is 1.99. The number of nitrogens with zero attached hydrogens (tertiary/aromatic N) is 1. The van der Waals surface area contributed by atoms with Gasteiger partial charge in [-0.2, -0.15) is 4.98 Å². The SMILES string of the molecule is Nc1ccc2oc(Nc3cccc(F)c3F)nc2c1. The molecule has 0 fully saturated rings. The highest BCUT2D eigenvalue weighted by atomic mass is 19.2. The molecular formula is C13H9F2N3O. The van der Waals surface area contributed by atoms with Crippen LogP contribution in [0, 0.1) is 11.6 Å². The Morgan fingerprint density at radius 3 is 2.84 bits per heavy atom. The number of hydrogen-bond donors (Lipinski definition) is 2. The Hall–Kier alpha value is -2.63. The summed E-state index contributed by atoms with van der Waals surface area (Å²) in [5.41, 5.74) is 7.17. The van der Waals surface area contributed by atoms with Gasteiger partial charge < -0.3 is 15.5 Å². The summed E-state index contributed by atoms with van der Waals surface area (Å²) in [6.45, 7) is 0. The van der Waals surface area contributed by atoms with Gasteiger partial charge in [-0.05, 0) is 30.3 Å². The second kappa shape index (κ2) is 4.24. The molecule has 4 nitrogen and oxygen atoms in total. The van der Waals surface area contributed by atoms with Crippen LogP contribution in [0.25, 0.3) is 11.1 Å². The minimum Gasteiger partial charge on any atom is -0.423 e. The number of aromatic nitrogens is 1. The average Bonchev–Trinajstić information content (AvgIpc) is 2.76. The Labute approximate surface area is 106 Å². The highest BCUT2D eigenvalue weighted by Crippen LogP contribution is 2.25. The summed E-state index contributed by atoms with van der Waals surface area (Å²) in [5, 5.41) is 2.59. The third-order valence-electron chi connectivity index (χ3n) is 2.60. The van der Waals surface area contributed by atoms with Crippen LogP contribution in [-0.2, 0) is 0 Å². The Bertz CT molecular complexity index is 755. The van der Waals surface area contributed by atoms with E-state index in [9.17, 15) is 8.78 Å². The van der Waals surface area contributed by atoms with Crippen LogP contribution in [0.5, 0.6) is 0 Å². The fourth-order valence-corrected chi connectivity index (χ4v) is 1.71. The summed E-state index contributed by atoms with van der Waals surface area (Å²) < 4.78 is 31.9. The van der Waals surface area contributed by atoms with Gasteiger partial charge in [0, 0.05) is 5.69 Å². The molecule has 2 aromatic carbocycles. The number of rotatable bonds is 2. The highest BCUT2D eigenvalue weighted by molar-refractivity contribution is 5.78. The molecular weight excluding hydrogens is 252 g/mol. The topological polar surface area (TPSA) is 64.1 Å².